The molecule has 5 nitrogen and oxygen atoms in total. The van der Waals surface area contributed by atoms with Crippen LogP contribution < -0.4 is 0 Å². The molecule has 1 aliphatic rings. The van der Waals surface area contributed by atoms with Gasteiger partial charge in [-0.25, -0.2) is 8.42 Å². The van der Waals surface area contributed by atoms with Crippen molar-refractivity contribution in [2.45, 2.75) is 17.4 Å². The first-order chi connectivity index (χ1) is 9.92. The lowest BCUT2D eigenvalue weighted by molar-refractivity contribution is 0.275. The minimum Gasteiger partial charge on any atom is -0.305 e. The van der Waals surface area contributed by atoms with Gasteiger partial charge in [0.2, 0.25) is 0 Å². The van der Waals surface area contributed by atoms with Crippen molar-refractivity contribution in [2.24, 2.45) is 0 Å². The Bertz CT molecular complexity index is 617. The van der Waals surface area contributed by atoms with E-state index in [2.05, 4.69) is 23.9 Å². The van der Waals surface area contributed by atoms with Crippen LogP contribution in [0.1, 0.15) is 12.0 Å². The second-order valence-electron chi connectivity index (χ2n) is 5.66. The standard InChI is InChI=1S/C15H21N3O2S/c1-17(2)14-7-8-18(12-14)9-10-21(19,20)15-5-3-13(11-16)4-6-15/h3-6,14H,7-10,12H2,1-2H3. The first-order valence-corrected chi connectivity index (χ1v) is 8.69. The van der Waals surface area contributed by atoms with Gasteiger partial charge in [-0.3, -0.25) is 0 Å². The van der Waals surface area contributed by atoms with E-state index in [4.69, 9.17) is 5.26 Å². The molecule has 1 saturated heterocycles. The number of likely N-dealkylation sites (tertiary alicyclic amines) is 1. The van der Waals surface area contributed by atoms with Crippen molar-refractivity contribution >= 4 is 9.84 Å². The number of sulfone groups is 1. The number of hydrogen-bond acceptors (Lipinski definition) is 5. The molecule has 0 aromatic heterocycles. The normalized spacial score (nSPS) is 19.8. The number of benzene rings is 1. The minimum atomic E-state index is -3.28. The van der Waals surface area contributed by atoms with E-state index in [0.717, 1.165) is 19.5 Å². The van der Waals surface area contributed by atoms with Crippen LogP contribution in [0.15, 0.2) is 29.2 Å². The van der Waals surface area contributed by atoms with E-state index in [1.165, 1.54) is 12.1 Å². The Balaban J connectivity index is 1.94. The Morgan fingerprint density at radius 1 is 1.33 bits per heavy atom. The third-order valence-electron chi connectivity index (χ3n) is 4.00. The van der Waals surface area contributed by atoms with Gasteiger partial charge in [0.05, 0.1) is 22.3 Å². The molecule has 1 heterocycles. The highest BCUT2D eigenvalue weighted by Crippen LogP contribution is 2.16. The van der Waals surface area contributed by atoms with Gasteiger partial charge in [0, 0.05) is 19.1 Å². The van der Waals surface area contributed by atoms with Crippen molar-refractivity contribution in [1.82, 2.24) is 9.80 Å². The second kappa shape index (κ2) is 6.56. The lowest BCUT2D eigenvalue weighted by atomic mass is 10.2. The third-order valence-corrected chi connectivity index (χ3v) is 5.71. The van der Waals surface area contributed by atoms with Crippen LogP contribution in [-0.4, -0.2) is 63.7 Å². The summed E-state index contributed by atoms with van der Waals surface area (Å²) >= 11 is 0. The third kappa shape index (κ3) is 4.03. The Morgan fingerprint density at radius 2 is 2.00 bits per heavy atom. The largest absolute Gasteiger partial charge is 0.305 e. The first-order valence-electron chi connectivity index (χ1n) is 7.04. The van der Waals surface area contributed by atoms with Crippen LogP contribution in [0.5, 0.6) is 0 Å². The van der Waals surface area contributed by atoms with E-state index in [0.29, 0.717) is 23.0 Å². The van der Waals surface area contributed by atoms with Gasteiger partial charge in [0.1, 0.15) is 0 Å². The molecule has 0 bridgehead atoms. The molecule has 1 unspecified atom stereocenters. The predicted octanol–water partition coefficient (Wildman–Crippen LogP) is 0.968. The van der Waals surface area contributed by atoms with Crippen molar-refractivity contribution in [2.75, 3.05) is 39.5 Å². The van der Waals surface area contributed by atoms with E-state index >= 15 is 0 Å². The summed E-state index contributed by atoms with van der Waals surface area (Å²) in [7, 11) is 0.839. The maximum Gasteiger partial charge on any atom is 0.179 e. The highest BCUT2D eigenvalue weighted by Gasteiger charge is 2.25. The summed E-state index contributed by atoms with van der Waals surface area (Å²) in [5.41, 5.74) is 0.474. The van der Waals surface area contributed by atoms with Gasteiger partial charge in [0.25, 0.3) is 0 Å². The lowest BCUT2D eigenvalue weighted by Crippen LogP contribution is -2.33. The Kier molecular flexibility index (Phi) is 4.99. The maximum atomic E-state index is 12.3. The quantitative estimate of drug-likeness (QED) is 0.811. The van der Waals surface area contributed by atoms with Gasteiger partial charge < -0.3 is 9.80 Å². The molecular weight excluding hydrogens is 286 g/mol. The van der Waals surface area contributed by atoms with E-state index in [1.54, 1.807) is 12.1 Å². The van der Waals surface area contributed by atoms with Crippen LogP contribution in [0.3, 0.4) is 0 Å². The molecule has 114 valence electrons. The van der Waals surface area contributed by atoms with Gasteiger partial charge in [-0.15, -0.1) is 0 Å². The van der Waals surface area contributed by atoms with Gasteiger partial charge in [-0.1, -0.05) is 0 Å². The number of hydrogen-bond donors (Lipinski definition) is 0. The molecule has 0 spiro atoms. The highest BCUT2D eigenvalue weighted by molar-refractivity contribution is 7.91. The predicted molar refractivity (Wildman–Crippen MR) is 81.7 cm³/mol. The van der Waals surface area contributed by atoms with Crippen molar-refractivity contribution in [3.8, 4) is 6.07 Å². The summed E-state index contributed by atoms with van der Waals surface area (Å²) in [6, 6.07) is 8.63. The molecule has 0 N–H and O–H groups in total. The van der Waals surface area contributed by atoms with Crippen LogP contribution in [0.25, 0.3) is 0 Å². The Hall–Kier alpha value is -1.42. The fraction of sp³-hybridized carbons (Fsp3) is 0.533. The lowest BCUT2D eigenvalue weighted by Gasteiger charge is -2.20. The molecule has 1 aromatic carbocycles. The number of rotatable bonds is 5. The molecule has 0 aliphatic carbocycles. The molecule has 2 rings (SSSR count). The fourth-order valence-electron chi connectivity index (χ4n) is 2.54. The smallest absolute Gasteiger partial charge is 0.179 e. The monoisotopic (exact) mass is 307 g/mol. The van der Waals surface area contributed by atoms with Gasteiger partial charge in [-0.2, -0.15) is 5.26 Å². The molecule has 0 radical (unpaired) electrons. The van der Waals surface area contributed by atoms with Crippen LogP contribution in [0.2, 0.25) is 0 Å². The Labute approximate surface area is 126 Å². The van der Waals surface area contributed by atoms with Crippen molar-refractivity contribution in [3.05, 3.63) is 29.8 Å². The summed E-state index contributed by atoms with van der Waals surface area (Å²) in [4.78, 5) is 4.69. The molecule has 6 heteroatoms. The van der Waals surface area contributed by atoms with Crippen LogP contribution >= 0.6 is 0 Å². The first kappa shape index (κ1) is 16.0. The number of nitriles is 1. The summed E-state index contributed by atoms with van der Waals surface area (Å²) in [5.74, 6) is 0.124. The molecule has 0 saturated carbocycles. The second-order valence-corrected chi connectivity index (χ2v) is 7.77. The molecule has 21 heavy (non-hydrogen) atoms. The SMILES string of the molecule is CN(C)C1CCN(CCS(=O)(=O)c2ccc(C#N)cc2)C1. The van der Waals surface area contributed by atoms with E-state index in [-0.39, 0.29) is 5.75 Å². The van der Waals surface area contributed by atoms with Crippen LogP contribution in [0, 0.1) is 11.3 Å². The minimum absolute atomic E-state index is 0.124. The molecule has 1 aliphatic heterocycles. The molecule has 1 atom stereocenters. The van der Waals surface area contributed by atoms with Gasteiger partial charge >= 0.3 is 0 Å². The van der Waals surface area contributed by atoms with E-state index in [9.17, 15) is 8.42 Å². The fourth-order valence-corrected chi connectivity index (χ4v) is 3.83. The summed E-state index contributed by atoms with van der Waals surface area (Å²) in [6.45, 7) is 2.44. The van der Waals surface area contributed by atoms with Crippen LogP contribution in [0.4, 0.5) is 0 Å². The average molecular weight is 307 g/mol. The zero-order valence-electron chi connectivity index (χ0n) is 12.5. The average Bonchev–Trinajstić information content (AvgIpc) is 2.94. The van der Waals surface area contributed by atoms with Gasteiger partial charge in [-0.05, 0) is 51.3 Å². The van der Waals surface area contributed by atoms with Gasteiger partial charge in [0.15, 0.2) is 9.84 Å². The zero-order chi connectivity index (χ0) is 15.5. The molecular formula is C15H21N3O2S. The highest BCUT2D eigenvalue weighted by atomic mass is 32.2. The maximum absolute atomic E-state index is 12.3. The summed E-state index contributed by atoms with van der Waals surface area (Å²) < 4.78 is 24.6. The molecule has 1 aromatic rings. The van der Waals surface area contributed by atoms with Crippen molar-refractivity contribution < 1.29 is 8.42 Å². The topological polar surface area (TPSA) is 64.4 Å². The number of nitrogens with zero attached hydrogens (tertiary/aromatic N) is 3. The molecule has 1 fully saturated rings. The number of likely N-dealkylation sites (N-methyl/N-ethyl adjacent to an activating group) is 1. The zero-order valence-corrected chi connectivity index (χ0v) is 13.3. The van der Waals surface area contributed by atoms with E-state index < -0.39 is 9.84 Å². The van der Waals surface area contributed by atoms with E-state index in [1.807, 2.05) is 6.07 Å². The van der Waals surface area contributed by atoms with Crippen LogP contribution in [-0.2, 0) is 9.84 Å². The van der Waals surface area contributed by atoms with Crippen molar-refractivity contribution in [3.63, 3.8) is 0 Å². The summed E-state index contributed by atoms with van der Waals surface area (Å²) in [6.07, 6.45) is 1.09. The van der Waals surface area contributed by atoms with Crippen molar-refractivity contribution in [1.29, 1.82) is 5.26 Å². The summed E-state index contributed by atoms with van der Waals surface area (Å²) in [5, 5.41) is 8.74. The molecule has 0 amide bonds. The Morgan fingerprint density at radius 3 is 2.52 bits per heavy atom.